The number of nitrogens with one attached hydrogen (secondary N) is 1. The first kappa shape index (κ1) is 7.56. The topological polar surface area (TPSA) is 56.6 Å². The molecule has 0 atom stereocenters. The number of hydrogen-bond donors (Lipinski definition) is 1. The van der Waals surface area contributed by atoms with E-state index in [-0.39, 0.29) is 5.56 Å². The molecule has 0 bridgehead atoms. The normalized spacial score (nSPS) is 9.77. The fraction of sp³-hybridized carbons (Fsp3) is 0. The van der Waals surface area contributed by atoms with Crippen LogP contribution in [0, 0.1) is 11.3 Å². The summed E-state index contributed by atoms with van der Waals surface area (Å²) >= 11 is 0. The largest absolute Gasteiger partial charge is 0.329 e. The third-order valence-corrected chi connectivity index (χ3v) is 1.90. The second kappa shape index (κ2) is 2.76. The van der Waals surface area contributed by atoms with Gasteiger partial charge in [0.2, 0.25) is 0 Å². The molecule has 0 aliphatic carbocycles. The lowest BCUT2D eigenvalue weighted by atomic mass is 10.1. The zero-order chi connectivity index (χ0) is 9.26. The molecule has 0 unspecified atom stereocenters. The van der Waals surface area contributed by atoms with Gasteiger partial charge in [-0.1, -0.05) is 0 Å². The Labute approximate surface area is 74.3 Å². The van der Waals surface area contributed by atoms with Crippen molar-refractivity contribution in [1.29, 1.82) is 5.26 Å². The van der Waals surface area contributed by atoms with Crippen LogP contribution in [0.15, 0.2) is 35.3 Å². The molecule has 2 rings (SSSR count). The van der Waals surface area contributed by atoms with E-state index in [0.717, 1.165) is 5.39 Å². The number of fused-ring (bicyclic) bond motifs is 1. The number of aromatic amines is 1. The van der Waals surface area contributed by atoms with Crippen LogP contribution in [0.5, 0.6) is 0 Å². The number of H-pyrrole nitrogens is 1. The van der Waals surface area contributed by atoms with Gasteiger partial charge in [-0.25, -0.2) is 0 Å². The third-order valence-electron chi connectivity index (χ3n) is 1.90. The van der Waals surface area contributed by atoms with Gasteiger partial charge >= 0.3 is 0 Å². The monoisotopic (exact) mass is 170 g/mol. The smallest absolute Gasteiger partial charge is 0.255 e. The Kier molecular flexibility index (Phi) is 1.60. The van der Waals surface area contributed by atoms with Gasteiger partial charge in [0.25, 0.3) is 5.56 Å². The average molecular weight is 170 g/mol. The molecule has 1 aromatic carbocycles. The number of aromatic nitrogens is 1. The Bertz CT molecular complexity index is 549. The summed E-state index contributed by atoms with van der Waals surface area (Å²) in [6.45, 7) is 0. The molecule has 13 heavy (non-hydrogen) atoms. The van der Waals surface area contributed by atoms with E-state index in [9.17, 15) is 4.79 Å². The highest BCUT2D eigenvalue weighted by Gasteiger charge is 1.97. The molecule has 62 valence electrons. The molecule has 1 aromatic heterocycles. The van der Waals surface area contributed by atoms with Gasteiger partial charge in [-0.2, -0.15) is 5.26 Å². The standard InChI is InChI=1S/C10H6N2O/c11-6-7-1-2-9-8(5-7)3-4-12-10(9)13/h1-5H,(H,12,13). The maximum absolute atomic E-state index is 11.2. The van der Waals surface area contributed by atoms with Crippen LogP contribution in [-0.2, 0) is 0 Å². The highest BCUT2D eigenvalue weighted by atomic mass is 16.1. The summed E-state index contributed by atoms with van der Waals surface area (Å²) in [5.41, 5.74) is 0.445. The van der Waals surface area contributed by atoms with Crippen LogP contribution < -0.4 is 5.56 Å². The summed E-state index contributed by atoms with van der Waals surface area (Å²) in [5.74, 6) is 0. The quantitative estimate of drug-likeness (QED) is 0.649. The second-order valence-corrected chi connectivity index (χ2v) is 2.72. The molecule has 0 fully saturated rings. The predicted molar refractivity (Wildman–Crippen MR) is 49.3 cm³/mol. The van der Waals surface area contributed by atoms with Crippen LogP contribution in [0.3, 0.4) is 0 Å². The second-order valence-electron chi connectivity index (χ2n) is 2.72. The van der Waals surface area contributed by atoms with Crippen molar-refractivity contribution < 1.29 is 0 Å². The van der Waals surface area contributed by atoms with Crippen molar-refractivity contribution in [1.82, 2.24) is 4.98 Å². The molecule has 2 aromatic rings. The fourth-order valence-corrected chi connectivity index (χ4v) is 1.26. The third kappa shape index (κ3) is 1.18. The summed E-state index contributed by atoms with van der Waals surface area (Å²) in [6.07, 6.45) is 1.58. The van der Waals surface area contributed by atoms with E-state index in [0.29, 0.717) is 10.9 Å². The minimum atomic E-state index is -0.123. The zero-order valence-corrected chi connectivity index (χ0v) is 6.74. The van der Waals surface area contributed by atoms with Crippen molar-refractivity contribution in [3.05, 3.63) is 46.4 Å². The Hall–Kier alpha value is -2.08. The molecule has 0 spiro atoms. The Morgan fingerprint density at radius 2 is 2.15 bits per heavy atom. The van der Waals surface area contributed by atoms with Gasteiger partial charge in [-0.15, -0.1) is 0 Å². The maximum atomic E-state index is 11.2. The van der Waals surface area contributed by atoms with Crippen LogP contribution in [-0.4, -0.2) is 4.98 Å². The summed E-state index contributed by atoms with van der Waals surface area (Å²) < 4.78 is 0. The molecule has 1 N–H and O–H groups in total. The molecule has 3 heteroatoms. The van der Waals surface area contributed by atoms with Gasteiger partial charge < -0.3 is 4.98 Å². The maximum Gasteiger partial charge on any atom is 0.255 e. The van der Waals surface area contributed by atoms with E-state index in [1.807, 2.05) is 6.07 Å². The van der Waals surface area contributed by atoms with Crippen molar-refractivity contribution >= 4 is 10.8 Å². The van der Waals surface area contributed by atoms with Gasteiger partial charge in [-0.05, 0) is 29.7 Å². The highest BCUT2D eigenvalue weighted by molar-refractivity contribution is 5.82. The Balaban J connectivity index is 2.90. The van der Waals surface area contributed by atoms with Gasteiger partial charge in [0.05, 0.1) is 11.6 Å². The first-order chi connectivity index (χ1) is 6.31. The SMILES string of the molecule is N#Cc1ccc2c(=O)[nH]ccc2c1. The molecule has 1 heterocycles. The number of nitrogens with zero attached hydrogens (tertiary/aromatic N) is 1. The molecule has 0 aliphatic heterocycles. The summed E-state index contributed by atoms with van der Waals surface area (Å²) in [5, 5.41) is 10.0. The summed E-state index contributed by atoms with van der Waals surface area (Å²) in [4.78, 5) is 13.8. The molecule has 0 amide bonds. The lowest BCUT2D eigenvalue weighted by Gasteiger charge is -1.95. The highest BCUT2D eigenvalue weighted by Crippen LogP contribution is 2.10. The zero-order valence-electron chi connectivity index (χ0n) is 6.74. The molecule has 0 aliphatic rings. The van der Waals surface area contributed by atoms with Crippen LogP contribution >= 0.6 is 0 Å². The van der Waals surface area contributed by atoms with E-state index in [2.05, 4.69) is 4.98 Å². The van der Waals surface area contributed by atoms with E-state index in [1.165, 1.54) is 0 Å². The molecular formula is C10H6N2O. The molecule has 0 radical (unpaired) electrons. The lowest BCUT2D eigenvalue weighted by molar-refractivity contribution is 1.28. The van der Waals surface area contributed by atoms with E-state index in [1.54, 1.807) is 30.5 Å². The van der Waals surface area contributed by atoms with Crippen LogP contribution in [0.25, 0.3) is 10.8 Å². The van der Waals surface area contributed by atoms with Gasteiger partial charge in [0, 0.05) is 11.6 Å². The molecule has 0 saturated carbocycles. The van der Waals surface area contributed by atoms with Crippen LogP contribution in [0.4, 0.5) is 0 Å². The van der Waals surface area contributed by atoms with Gasteiger partial charge in [-0.3, -0.25) is 4.79 Å². The first-order valence-corrected chi connectivity index (χ1v) is 3.83. The van der Waals surface area contributed by atoms with E-state index < -0.39 is 0 Å². The van der Waals surface area contributed by atoms with Crippen molar-refractivity contribution in [2.24, 2.45) is 0 Å². The minimum Gasteiger partial charge on any atom is -0.329 e. The molecule has 0 saturated heterocycles. The van der Waals surface area contributed by atoms with Crippen LogP contribution in [0.1, 0.15) is 5.56 Å². The Morgan fingerprint density at radius 3 is 2.92 bits per heavy atom. The first-order valence-electron chi connectivity index (χ1n) is 3.83. The average Bonchev–Trinajstić information content (AvgIpc) is 2.18. The summed E-state index contributed by atoms with van der Waals surface area (Å²) in [6, 6.07) is 8.80. The van der Waals surface area contributed by atoms with Crippen molar-refractivity contribution in [2.45, 2.75) is 0 Å². The lowest BCUT2D eigenvalue weighted by Crippen LogP contribution is -2.03. The van der Waals surface area contributed by atoms with E-state index in [4.69, 9.17) is 5.26 Å². The number of rotatable bonds is 0. The predicted octanol–water partition coefficient (Wildman–Crippen LogP) is 1.40. The van der Waals surface area contributed by atoms with E-state index >= 15 is 0 Å². The van der Waals surface area contributed by atoms with Gasteiger partial charge in [0.1, 0.15) is 0 Å². The van der Waals surface area contributed by atoms with Gasteiger partial charge in [0.15, 0.2) is 0 Å². The number of benzene rings is 1. The molecule has 3 nitrogen and oxygen atoms in total. The molecular weight excluding hydrogens is 164 g/mol. The summed E-state index contributed by atoms with van der Waals surface area (Å²) in [7, 11) is 0. The number of hydrogen-bond acceptors (Lipinski definition) is 2. The van der Waals surface area contributed by atoms with Crippen molar-refractivity contribution in [3.8, 4) is 6.07 Å². The van der Waals surface area contributed by atoms with Crippen molar-refractivity contribution in [2.75, 3.05) is 0 Å². The number of pyridine rings is 1. The van der Waals surface area contributed by atoms with Crippen molar-refractivity contribution in [3.63, 3.8) is 0 Å². The number of nitriles is 1. The minimum absolute atomic E-state index is 0.123. The van der Waals surface area contributed by atoms with Crippen LogP contribution in [0.2, 0.25) is 0 Å². The Morgan fingerprint density at radius 1 is 1.31 bits per heavy atom. The fourth-order valence-electron chi connectivity index (χ4n) is 1.26.